The zero-order chi connectivity index (χ0) is 12.4. The molecule has 1 aromatic heterocycles. The second-order valence-corrected chi connectivity index (χ2v) is 7.20. The number of hydrogen-bond acceptors (Lipinski definition) is 2. The maximum atomic E-state index is 6.05. The number of hydrogen-bond donors (Lipinski definition) is 1. The highest BCUT2D eigenvalue weighted by Crippen LogP contribution is 2.31. The molecule has 1 unspecified atom stereocenters. The molecule has 0 amide bonds. The molecular weight excluding hydrogens is 388 g/mol. The fourth-order valence-corrected chi connectivity index (χ4v) is 3.40. The van der Waals surface area contributed by atoms with Gasteiger partial charge in [-0.25, -0.2) is 0 Å². The minimum atomic E-state index is 0.157. The molecule has 0 spiro atoms. The molecule has 2 aromatic rings. The van der Waals surface area contributed by atoms with E-state index in [1.54, 1.807) is 11.3 Å². The molecule has 90 valence electrons. The first-order valence-corrected chi connectivity index (χ1v) is 7.69. The van der Waals surface area contributed by atoms with E-state index in [1.807, 2.05) is 25.2 Å². The fourth-order valence-electron chi connectivity index (χ4n) is 1.69. The Hall–Kier alpha value is 0.190. The summed E-state index contributed by atoms with van der Waals surface area (Å²) in [5.74, 6) is 0. The van der Waals surface area contributed by atoms with Crippen LogP contribution in [0, 0.1) is 2.88 Å². The van der Waals surface area contributed by atoms with Gasteiger partial charge in [0.2, 0.25) is 0 Å². The summed E-state index contributed by atoms with van der Waals surface area (Å²) >= 11 is 16.0. The fraction of sp³-hybridized carbons (Fsp3) is 0.167. The van der Waals surface area contributed by atoms with Crippen LogP contribution in [-0.4, -0.2) is 7.05 Å². The van der Waals surface area contributed by atoms with Gasteiger partial charge in [-0.1, -0.05) is 29.3 Å². The van der Waals surface area contributed by atoms with Crippen LogP contribution in [0.25, 0.3) is 0 Å². The van der Waals surface area contributed by atoms with Crippen LogP contribution in [0.4, 0.5) is 0 Å². The van der Waals surface area contributed by atoms with Crippen molar-refractivity contribution in [3.05, 3.63) is 53.7 Å². The minimum absolute atomic E-state index is 0.157. The summed E-state index contributed by atoms with van der Waals surface area (Å²) in [6, 6.07) is 8.08. The van der Waals surface area contributed by atoms with Crippen molar-refractivity contribution in [2.24, 2.45) is 0 Å². The monoisotopic (exact) mass is 397 g/mol. The van der Waals surface area contributed by atoms with Crippen LogP contribution < -0.4 is 5.32 Å². The van der Waals surface area contributed by atoms with Crippen molar-refractivity contribution in [1.29, 1.82) is 0 Å². The first kappa shape index (κ1) is 13.6. The first-order chi connectivity index (χ1) is 8.11. The van der Waals surface area contributed by atoms with Gasteiger partial charge in [0.25, 0.3) is 0 Å². The summed E-state index contributed by atoms with van der Waals surface area (Å²) in [5.41, 5.74) is 2.37. The molecule has 0 aliphatic carbocycles. The van der Waals surface area contributed by atoms with Gasteiger partial charge in [0, 0.05) is 0 Å². The van der Waals surface area contributed by atoms with E-state index >= 15 is 0 Å². The minimum Gasteiger partial charge on any atom is -0.309 e. The van der Waals surface area contributed by atoms with E-state index in [0.717, 1.165) is 5.56 Å². The van der Waals surface area contributed by atoms with Crippen molar-refractivity contribution in [3.63, 3.8) is 0 Å². The quantitative estimate of drug-likeness (QED) is 0.721. The van der Waals surface area contributed by atoms with Crippen molar-refractivity contribution >= 4 is 57.1 Å². The van der Waals surface area contributed by atoms with E-state index in [1.165, 1.54) is 8.45 Å². The summed E-state index contributed by atoms with van der Waals surface area (Å²) in [5, 5.41) is 6.63. The molecule has 1 nitrogen and oxygen atoms in total. The standard InChI is InChI=1S/C12H10Cl2INS/c1-16-12(8-5-11(15)17-6-8)7-2-3-9(13)10(14)4-7/h2-6,12,16H,1H3. The van der Waals surface area contributed by atoms with E-state index in [-0.39, 0.29) is 6.04 Å². The number of benzene rings is 1. The van der Waals surface area contributed by atoms with Crippen LogP contribution in [0.1, 0.15) is 17.2 Å². The van der Waals surface area contributed by atoms with Gasteiger partial charge in [0.1, 0.15) is 0 Å². The Morgan fingerprint density at radius 1 is 1.18 bits per heavy atom. The van der Waals surface area contributed by atoms with Crippen LogP contribution in [-0.2, 0) is 0 Å². The Balaban J connectivity index is 2.38. The molecule has 0 radical (unpaired) electrons. The summed E-state index contributed by atoms with van der Waals surface area (Å²) in [6.07, 6.45) is 0. The first-order valence-electron chi connectivity index (χ1n) is 4.98. The molecule has 1 atom stereocenters. The van der Waals surface area contributed by atoms with Gasteiger partial charge in [-0.2, -0.15) is 0 Å². The second-order valence-electron chi connectivity index (χ2n) is 3.58. The van der Waals surface area contributed by atoms with Crippen LogP contribution in [0.5, 0.6) is 0 Å². The highest BCUT2D eigenvalue weighted by atomic mass is 127. The Bertz CT molecular complexity index is 527. The van der Waals surface area contributed by atoms with Gasteiger partial charge < -0.3 is 5.32 Å². The SMILES string of the molecule is CNC(c1csc(I)c1)c1ccc(Cl)c(Cl)c1. The average Bonchev–Trinajstić information content (AvgIpc) is 2.71. The van der Waals surface area contributed by atoms with Crippen LogP contribution in [0.2, 0.25) is 10.0 Å². The zero-order valence-electron chi connectivity index (χ0n) is 9.01. The van der Waals surface area contributed by atoms with E-state index in [4.69, 9.17) is 23.2 Å². The Kier molecular flexibility index (Phi) is 4.72. The Morgan fingerprint density at radius 3 is 2.47 bits per heavy atom. The summed E-state index contributed by atoms with van der Waals surface area (Å²) in [7, 11) is 1.94. The Morgan fingerprint density at radius 2 is 1.94 bits per heavy atom. The maximum absolute atomic E-state index is 6.05. The van der Waals surface area contributed by atoms with E-state index in [0.29, 0.717) is 10.0 Å². The topological polar surface area (TPSA) is 12.0 Å². The van der Waals surface area contributed by atoms with Gasteiger partial charge in [-0.3, -0.25) is 0 Å². The molecular formula is C12H10Cl2INS. The van der Waals surface area contributed by atoms with E-state index < -0.39 is 0 Å². The smallest absolute Gasteiger partial charge is 0.0656 e. The number of rotatable bonds is 3. The third kappa shape index (κ3) is 3.15. The molecule has 17 heavy (non-hydrogen) atoms. The van der Waals surface area contributed by atoms with Crippen molar-refractivity contribution < 1.29 is 0 Å². The molecule has 0 fully saturated rings. The lowest BCUT2D eigenvalue weighted by molar-refractivity contribution is 0.694. The largest absolute Gasteiger partial charge is 0.309 e. The van der Waals surface area contributed by atoms with E-state index in [9.17, 15) is 0 Å². The van der Waals surface area contributed by atoms with Crippen molar-refractivity contribution in [2.45, 2.75) is 6.04 Å². The lowest BCUT2D eigenvalue weighted by Crippen LogP contribution is -2.16. The third-order valence-corrected chi connectivity index (χ3v) is 5.03. The normalized spacial score (nSPS) is 12.7. The molecule has 1 aromatic carbocycles. The van der Waals surface area contributed by atoms with Crippen molar-refractivity contribution in [3.8, 4) is 0 Å². The molecule has 0 saturated heterocycles. The van der Waals surface area contributed by atoms with Crippen molar-refractivity contribution in [2.75, 3.05) is 7.05 Å². The molecule has 2 rings (SSSR count). The van der Waals surface area contributed by atoms with Gasteiger partial charge >= 0.3 is 0 Å². The average molecular weight is 398 g/mol. The third-order valence-electron chi connectivity index (χ3n) is 2.49. The molecule has 1 heterocycles. The van der Waals surface area contributed by atoms with Gasteiger partial charge in [0.15, 0.2) is 0 Å². The summed E-state index contributed by atoms with van der Waals surface area (Å²) < 4.78 is 1.28. The van der Waals surface area contributed by atoms with Crippen LogP contribution in [0.3, 0.4) is 0 Å². The van der Waals surface area contributed by atoms with Crippen molar-refractivity contribution in [1.82, 2.24) is 5.32 Å². The number of halogens is 3. The predicted molar refractivity (Wildman–Crippen MR) is 84.4 cm³/mol. The van der Waals surface area contributed by atoms with Gasteiger partial charge in [-0.05, 0) is 64.3 Å². The molecule has 0 aliphatic rings. The summed E-state index contributed by atoms with van der Waals surface area (Å²) in [6.45, 7) is 0. The second kappa shape index (κ2) is 5.89. The van der Waals surface area contributed by atoms with Crippen LogP contribution >= 0.6 is 57.1 Å². The van der Waals surface area contributed by atoms with E-state index in [2.05, 4.69) is 39.4 Å². The molecule has 0 aliphatic heterocycles. The highest BCUT2D eigenvalue weighted by Gasteiger charge is 2.14. The zero-order valence-corrected chi connectivity index (χ0v) is 13.5. The predicted octanol–water partition coefficient (Wildman–Crippen LogP) is 4.97. The lowest BCUT2D eigenvalue weighted by atomic mass is 10.0. The van der Waals surface area contributed by atoms with Gasteiger partial charge in [0.05, 0.1) is 19.0 Å². The molecule has 0 bridgehead atoms. The Labute approximate surface area is 128 Å². The van der Waals surface area contributed by atoms with Gasteiger partial charge in [-0.15, -0.1) is 11.3 Å². The molecule has 0 saturated carbocycles. The van der Waals surface area contributed by atoms with Crippen LogP contribution in [0.15, 0.2) is 29.6 Å². The number of nitrogens with one attached hydrogen (secondary N) is 1. The number of thiophene rings is 1. The lowest BCUT2D eigenvalue weighted by Gasteiger charge is -2.16. The molecule has 5 heteroatoms. The maximum Gasteiger partial charge on any atom is 0.0656 e. The molecule has 1 N–H and O–H groups in total. The highest BCUT2D eigenvalue weighted by molar-refractivity contribution is 14.1. The summed E-state index contributed by atoms with van der Waals surface area (Å²) in [4.78, 5) is 0.